The third kappa shape index (κ3) is 5.13. The Balaban J connectivity index is 1.62. The van der Waals surface area contributed by atoms with Gasteiger partial charge in [0, 0.05) is 18.4 Å². The first-order chi connectivity index (χ1) is 13.5. The van der Waals surface area contributed by atoms with Crippen molar-refractivity contribution in [2.45, 2.75) is 26.2 Å². The first-order valence-electron chi connectivity index (χ1n) is 9.24. The van der Waals surface area contributed by atoms with Gasteiger partial charge in [0.2, 0.25) is 5.95 Å². The number of hydrogen-bond acceptors (Lipinski definition) is 4. The summed E-state index contributed by atoms with van der Waals surface area (Å²) in [4.78, 5) is 20.9. The Labute approximate surface area is 164 Å². The molecular formula is C22H23FN4O. The molecule has 0 saturated heterocycles. The van der Waals surface area contributed by atoms with Crippen molar-refractivity contribution in [1.29, 1.82) is 0 Å². The number of rotatable bonds is 7. The van der Waals surface area contributed by atoms with E-state index in [9.17, 15) is 9.18 Å². The molecule has 0 spiro atoms. The summed E-state index contributed by atoms with van der Waals surface area (Å²) in [6.45, 7) is 4.67. The van der Waals surface area contributed by atoms with Crippen molar-refractivity contribution in [2.24, 2.45) is 0 Å². The minimum Gasteiger partial charge on any atom is -0.350 e. The molecule has 0 atom stereocenters. The van der Waals surface area contributed by atoms with Crippen LogP contribution in [0.4, 0.5) is 16.0 Å². The smallest absolute Gasteiger partial charge is 0.270 e. The van der Waals surface area contributed by atoms with Gasteiger partial charge in [0.05, 0.1) is 0 Å². The SMILES string of the molecule is CC(C)c1ccccc1Nc1nccc(C(=O)NCCc2ccc(F)cc2)n1. The molecule has 1 heterocycles. The second-order valence-electron chi connectivity index (χ2n) is 6.76. The van der Waals surface area contributed by atoms with Gasteiger partial charge >= 0.3 is 0 Å². The lowest BCUT2D eigenvalue weighted by Crippen LogP contribution is -2.26. The lowest BCUT2D eigenvalue weighted by Gasteiger charge is -2.13. The number of halogens is 1. The predicted octanol–water partition coefficient (Wildman–Crippen LogP) is 4.46. The highest BCUT2D eigenvalue weighted by Gasteiger charge is 2.11. The van der Waals surface area contributed by atoms with Gasteiger partial charge in [-0.3, -0.25) is 4.79 Å². The summed E-state index contributed by atoms with van der Waals surface area (Å²) < 4.78 is 12.9. The molecule has 0 saturated carbocycles. The van der Waals surface area contributed by atoms with E-state index in [4.69, 9.17) is 0 Å². The van der Waals surface area contributed by atoms with Crippen LogP contribution in [0.25, 0.3) is 0 Å². The highest BCUT2D eigenvalue weighted by Crippen LogP contribution is 2.25. The lowest BCUT2D eigenvalue weighted by molar-refractivity contribution is 0.0949. The molecule has 0 aliphatic heterocycles. The van der Waals surface area contributed by atoms with Crippen LogP contribution in [0.3, 0.4) is 0 Å². The largest absolute Gasteiger partial charge is 0.350 e. The average molecular weight is 378 g/mol. The summed E-state index contributed by atoms with van der Waals surface area (Å²) in [5, 5.41) is 6.03. The normalized spacial score (nSPS) is 10.7. The van der Waals surface area contributed by atoms with Crippen molar-refractivity contribution < 1.29 is 9.18 Å². The number of nitrogens with one attached hydrogen (secondary N) is 2. The molecule has 0 unspecified atom stereocenters. The van der Waals surface area contributed by atoms with E-state index in [2.05, 4.69) is 40.5 Å². The quantitative estimate of drug-likeness (QED) is 0.637. The van der Waals surface area contributed by atoms with Crippen molar-refractivity contribution in [1.82, 2.24) is 15.3 Å². The van der Waals surface area contributed by atoms with Crippen LogP contribution in [0.15, 0.2) is 60.8 Å². The second-order valence-corrected chi connectivity index (χ2v) is 6.76. The van der Waals surface area contributed by atoms with Crippen LogP contribution < -0.4 is 10.6 Å². The van der Waals surface area contributed by atoms with Crippen LogP contribution in [0.2, 0.25) is 0 Å². The first kappa shape index (κ1) is 19.5. The lowest BCUT2D eigenvalue weighted by atomic mass is 10.0. The molecule has 2 N–H and O–H groups in total. The molecule has 5 nitrogen and oxygen atoms in total. The van der Waals surface area contributed by atoms with E-state index in [1.165, 1.54) is 12.1 Å². The molecule has 0 radical (unpaired) electrons. The Morgan fingerprint density at radius 3 is 2.57 bits per heavy atom. The maximum absolute atomic E-state index is 12.9. The van der Waals surface area contributed by atoms with Gasteiger partial charge < -0.3 is 10.6 Å². The fourth-order valence-corrected chi connectivity index (χ4v) is 2.84. The molecule has 0 aliphatic carbocycles. The molecule has 1 aromatic heterocycles. The van der Waals surface area contributed by atoms with E-state index >= 15 is 0 Å². The van der Waals surface area contributed by atoms with E-state index in [-0.39, 0.29) is 11.7 Å². The summed E-state index contributed by atoms with van der Waals surface area (Å²) in [6, 6.07) is 15.8. The summed E-state index contributed by atoms with van der Waals surface area (Å²) in [5.74, 6) is 0.179. The summed E-state index contributed by atoms with van der Waals surface area (Å²) >= 11 is 0. The van der Waals surface area contributed by atoms with Crippen molar-refractivity contribution in [2.75, 3.05) is 11.9 Å². The maximum atomic E-state index is 12.9. The minimum atomic E-state index is -0.273. The number of hydrogen-bond donors (Lipinski definition) is 2. The Hall–Kier alpha value is -3.28. The number of benzene rings is 2. The van der Waals surface area contributed by atoms with Gasteiger partial charge in [0.25, 0.3) is 5.91 Å². The highest BCUT2D eigenvalue weighted by atomic mass is 19.1. The molecule has 3 rings (SSSR count). The molecule has 1 amide bonds. The van der Waals surface area contributed by atoms with E-state index in [0.717, 1.165) is 16.8 Å². The third-order valence-corrected chi connectivity index (χ3v) is 4.33. The van der Waals surface area contributed by atoms with Gasteiger partial charge in [-0.05, 0) is 47.7 Å². The zero-order valence-corrected chi connectivity index (χ0v) is 15.9. The number of nitrogens with zero attached hydrogens (tertiary/aromatic N) is 2. The standard InChI is InChI=1S/C22H23FN4O/c1-15(2)18-5-3-4-6-19(18)26-22-25-14-12-20(27-22)21(28)24-13-11-16-7-9-17(23)10-8-16/h3-10,12,14-15H,11,13H2,1-2H3,(H,24,28)(H,25,26,27). The second kappa shape index (κ2) is 9.08. The van der Waals surface area contributed by atoms with Gasteiger partial charge in [-0.2, -0.15) is 0 Å². The fraction of sp³-hybridized carbons (Fsp3) is 0.227. The van der Waals surface area contributed by atoms with Crippen LogP contribution in [-0.2, 0) is 6.42 Å². The molecule has 0 bridgehead atoms. The molecule has 28 heavy (non-hydrogen) atoms. The number of anilines is 2. The number of amides is 1. The van der Waals surface area contributed by atoms with Crippen LogP contribution in [0, 0.1) is 5.82 Å². The third-order valence-electron chi connectivity index (χ3n) is 4.33. The molecular weight excluding hydrogens is 355 g/mol. The average Bonchev–Trinajstić information content (AvgIpc) is 2.70. The predicted molar refractivity (Wildman–Crippen MR) is 108 cm³/mol. The van der Waals surface area contributed by atoms with E-state index in [0.29, 0.717) is 30.5 Å². The van der Waals surface area contributed by atoms with E-state index in [1.54, 1.807) is 24.4 Å². The van der Waals surface area contributed by atoms with Crippen molar-refractivity contribution in [3.8, 4) is 0 Å². The zero-order valence-electron chi connectivity index (χ0n) is 15.9. The Kier molecular flexibility index (Phi) is 6.32. The Morgan fingerprint density at radius 1 is 1.07 bits per heavy atom. The van der Waals surface area contributed by atoms with Gasteiger partial charge in [0.1, 0.15) is 11.5 Å². The number of aromatic nitrogens is 2. The van der Waals surface area contributed by atoms with Crippen LogP contribution >= 0.6 is 0 Å². The van der Waals surface area contributed by atoms with Gasteiger partial charge in [-0.25, -0.2) is 14.4 Å². The Morgan fingerprint density at radius 2 is 1.82 bits per heavy atom. The van der Waals surface area contributed by atoms with E-state index in [1.807, 2.05) is 18.2 Å². The van der Waals surface area contributed by atoms with Crippen LogP contribution in [-0.4, -0.2) is 22.4 Å². The van der Waals surface area contributed by atoms with Gasteiger partial charge in [0.15, 0.2) is 0 Å². The monoisotopic (exact) mass is 378 g/mol. The van der Waals surface area contributed by atoms with Crippen molar-refractivity contribution >= 4 is 17.5 Å². The molecule has 2 aromatic carbocycles. The molecule has 144 valence electrons. The van der Waals surface area contributed by atoms with Crippen molar-refractivity contribution in [3.63, 3.8) is 0 Å². The molecule has 6 heteroatoms. The summed E-state index contributed by atoms with van der Waals surface area (Å²) in [5.41, 5.74) is 3.32. The van der Waals surface area contributed by atoms with Gasteiger partial charge in [-0.1, -0.05) is 44.2 Å². The van der Waals surface area contributed by atoms with Crippen molar-refractivity contribution in [3.05, 3.63) is 83.4 Å². The van der Waals surface area contributed by atoms with Crippen LogP contribution in [0.5, 0.6) is 0 Å². The summed E-state index contributed by atoms with van der Waals surface area (Å²) in [6.07, 6.45) is 2.17. The summed E-state index contributed by atoms with van der Waals surface area (Å²) in [7, 11) is 0. The number of para-hydroxylation sites is 1. The number of carbonyl (C=O) groups is 1. The molecule has 3 aromatic rings. The first-order valence-corrected chi connectivity index (χ1v) is 9.24. The molecule has 0 aliphatic rings. The fourth-order valence-electron chi connectivity index (χ4n) is 2.84. The van der Waals surface area contributed by atoms with Crippen LogP contribution in [0.1, 0.15) is 41.4 Å². The maximum Gasteiger partial charge on any atom is 0.270 e. The topological polar surface area (TPSA) is 66.9 Å². The molecule has 0 fully saturated rings. The highest BCUT2D eigenvalue weighted by molar-refractivity contribution is 5.92. The van der Waals surface area contributed by atoms with Gasteiger partial charge in [-0.15, -0.1) is 0 Å². The van der Waals surface area contributed by atoms with E-state index < -0.39 is 0 Å². The Bertz CT molecular complexity index is 941. The number of carbonyl (C=O) groups excluding carboxylic acids is 1. The zero-order chi connectivity index (χ0) is 19.9. The minimum absolute atomic E-state index is 0.271.